The Morgan fingerprint density at radius 1 is 0.971 bits per heavy atom. The molecule has 7 heteroatoms. The minimum Gasteiger partial charge on any atom is -0.497 e. The van der Waals surface area contributed by atoms with Crippen molar-refractivity contribution in [3.63, 3.8) is 0 Å². The van der Waals surface area contributed by atoms with Crippen molar-refractivity contribution in [3.05, 3.63) is 94.8 Å². The number of carbonyl (C=O) groups is 2. The fraction of sp³-hybridized carbons (Fsp3) is 0.179. The Morgan fingerprint density at radius 2 is 1.66 bits per heavy atom. The minimum absolute atomic E-state index is 0.223. The number of hydrogen-bond donors (Lipinski definition) is 2. The van der Waals surface area contributed by atoms with Crippen molar-refractivity contribution in [2.75, 3.05) is 7.11 Å². The maximum Gasteiger partial charge on any atom is 0.304 e. The zero-order chi connectivity index (χ0) is 24.6. The summed E-state index contributed by atoms with van der Waals surface area (Å²) in [7, 11) is 1.64. The van der Waals surface area contributed by atoms with Crippen molar-refractivity contribution in [1.29, 1.82) is 0 Å². The zero-order valence-electron chi connectivity index (χ0n) is 19.3. The molecule has 0 saturated heterocycles. The normalized spacial score (nSPS) is 11.6. The molecule has 2 N–H and O–H groups in total. The number of carbonyl (C=O) groups excluding carboxylic acids is 1. The molecule has 0 bridgehead atoms. The maximum absolute atomic E-state index is 12.8. The molecule has 1 aromatic heterocycles. The number of nitrogens with zero attached hydrogens (tertiary/aromatic N) is 1. The topological polar surface area (TPSA) is 88.5 Å². The molecule has 3 aromatic carbocycles. The number of benzene rings is 3. The average molecular weight is 487 g/mol. The van der Waals surface area contributed by atoms with Crippen LogP contribution in [0.5, 0.6) is 5.75 Å². The van der Waals surface area contributed by atoms with E-state index in [0.717, 1.165) is 38.7 Å². The lowest BCUT2D eigenvalue weighted by Crippen LogP contribution is -2.33. The number of aliphatic carboxylic acids is 1. The fourth-order valence-electron chi connectivity index (χ4n) is 3.92. The number of thiazole rings is 1. The van der Waals surface area contributed by atoms with Crippen LogP contribution >= 0.6 is 11.3 Å². The highest BCUT2D eigenvalue weighted by Crippen LogP contribution is 2.33. The average Bonchev–Trinajstić information content (AvgIpc) is 3.36. The molecule has 178 valence electrons. The number of carboxylic acid groups (broad SMARTS) is 1. The third-order valence-electron chi connectivity index (χ3n) is 5.69. The van der Waals surface area contributed by atoms with Gasteiger partial charge in [0.2, 0.25) is 5.91 Å². The van der Waals surface area contributed by atoms with Gasteiger partial charge >= 0.3 is 5.97 Å². The first kappa shape index (κ1) is 24.2. The molecule has 0 aliphatic rings. The van der Waals surface area contributed by atoms with E-state index in [1.807, 2.05) is 78.2 Å². The number of methoxy groups -OCH3 is 1. The van der Waals surface area contributed by atoms with E-state index >= 15 is 0 Å². The van der Waals surface area contributed by atoms with Gasteiger partial charge in [-0.1, -0.05) is 66.7 Å². The molecule has 4 aromatic rings. The standard InChI is InChI=1S/C28H26N2O4S/c1-34-22-13-11-20(12-14-22)23-9-5-6-10-24(23)25-18-35-26(30-25)17-29-28(33)21(16-27(31)32)15-19-7-3-2-4-8-19/h2-14,18,21H,15-17H2,1H3,(H,29,33)(H,31,32)/t21-/m1/s1. The molecule has 0 spiro atoms. The van der Waals surface area contributed by atoms with Crippen LogP contribution in [-0.2, 0) is 22.6 Å². The fourth-order valence-corrected chi connectivity index (χ4v) is 4.65. The number of ether oxygens (including phenoxy) is 1. The van der Waals surface area contributed by atoms with E-state index in [2.05, 4.69) is 11.4 Å². The number of nitrogens with one attached hydrogen (secondary N) is 1. The van der Waals surface area contributed by atoms with Crippen molar-refractivity contribution in [2.24, 2.45) is 5.92 Å². The summed E-state index contributed by atoms with van der Waals surface area (Å²) in [6.45, 7) is 0.249. The SMILES string of the molecule is COc1ccc(-c2ccccc2-c2csc(CNC(=O)[C@@H](CC(=O)O)Cc3ccccc3)n2)cc1. The zero-order valence-corrected chi connectivity index (χ0v) is 20.1. The van der Waals surface area contributed by atoms with Crippen LogP contribution in [0.2, 0.25) is 0 Å². The van der Waals surface area contributed by atoms with E-state index in [1.54, 1.807) is 7.11 Å². The van der Waals surface area contributed by atoms with E-state index in [1.165, 1.54) is 11.3 Å². The van der Waals surface area contributed by atoms with E-state index in [4.69, 9.17) is 9.72 Å². The summed E-state index contributed by atoms with van der Waals surface area (Å²) < 4.78 is 5.26. The lowest BCUT2D eigenvalue weighted by Gasteiger charge is -2.14. The van der Waals surface area contributed by atoms with Gasteiger partial charge < -0.3 is 15.2 Å². The van der Waals surface area contributed by atoms with E-state index in [9.17, 15) is 14.7 Å². The second-order valence-electron chi connectivity index (χ2n) is 8.10. The summed E-state index contributed by atoms with van der Waals surface area (Å²) in [4.78, 5) is 28.9. The predicted octanol–water partition coefficient (Wildman–Crippen LogP) is 5.44. The number of rotatable bonds is 10. The van der Waals surface area contributed by atoms with Gasteiger partial charge in [-0.3, -0.25) is 9.59 Å². The summed E-state index contributed by atoms with van der Waals surface area (Å²) in [5.41, 5.74) is 4.87. The van der Waals surface area contributed by atoms with Crippen LogP contribution in [0.3, 0.4) is 0 Å². The van der Waals surface area contributed by atoms with Crippen LogP contribution < -0.4 is 10.1 Å². The summed E-state index contributed by atoms with van der Waals surface area (Å²) >= 11 is 1.46. The van der Waals surface area contributed by atoms with Crippen molar-refractivity contribution in [2.45, 2.75) is 19.4 Å². The molecule has 0 aliphatic carbocycles. The molecule has 4 rings (SSSR count). The quantitative estimate of drug-likeness (QED) is 0.312. The Labute approximate surface area is 208 Å². The van der Waals surface area contributed by atoms with Crippen LogP contribution in [0.4, 0.5) is 0 Å². The van der Waals surface area contributed by atoms with Crippen molar-refractivity contribution in [3.8, 4) is 28.1 Å². The first-order valence-corrected chi connectivity index (χ1v) is 12.1. The highest BCUT2D eigenvalue weighted by atomic mass is 32.1. The lowest BCUT2D eigenvalue weighted by molar-refractivity contribution is -0.141. The third-order valence-corrected chi connectivity index (χ3v) is 6.54. The van der Waals surface area contributed by atoms with Crippen LogP contribution in [0.1, 0.15) is 17.0 Å². The van der Waals surface area contributed by atoms with Crippen molar-refractivity contribution >= 4 is 23.2 Å². The van der Waals surface area contributed by atoms with Crippen LogP contribution in [-0.4, -0.2) is 29.1 Å². The van der Waals surface area contributed by atoms with Crippen LogP contribution in [0.25, 0.3) is 22.4 Å². The number of carboxylic acids is 1. The lowest BCUT2D eigenvalue weighted by atomic mass is 9.95. The second kappa shape index (κ2) is 11.4. The molecule has 35 heavy (non-hydrogen) atoms. The number of hydrogen-bond acceptors (Lipinski definition) is 5. The van der Waals surface area contributed by atoms with E-state index in [-0.39, 0.29) is 18.9 Å². The Morgan fingerprint density at radius 3 is 2.34 bits per heavy atom. The molecule has 0 fully saturated rings. The van der Waals surface area contributed by atoms with Crippen LogP contribution in [0, 0.1) is 5.92 Å². The monoisotopic (exact) mass is 486 g/mol. The van der Waals surface area contributed by atoms with Gasteiger partial charge in [-0.05, 0) is 35.2 Å². The Bertz CT molecular complexity index is 1290. The van der Waals surface area contributed by atoms with Crippen LogP contribution in [0.15, 0.2) is 84.2 Å². The summed E-state index contributed by atoms with van der Waals surface area (Å²) in [6, 6.07) is 25.4. The molecule has 1 amide bonds. The Kier molecular flexibility index (Phi) is 7.90. The summed E-state index contributed by atoms with van der Waals surface area (Å²) in [5, 5.41) is 14.9. The highest BCUT2D eigenvalue weighted by Gasteiger charge is 2.22. The molecule has 1 heterocycles. The Balaban J connectivity index is 1.46. The highest BCUT2D eigenvalue weighted by molar-refractivity contribution is 7.09. The smallest absolute Gasteiger partial charge is 0.304 e. The van der Waals surface area contributed by atoms with Gasteiger partial charge in [0.05, 0.1) is 31.7 Å². The van der Waals surface area contributed by atoms with Gasteiger partial charge in [-0.15, -0.1) is 11.3 Å². The van der Waals surface area contributed by atoms with E-state index < -0.39 is 11.9 Å². The largest absolute Gasteiger partial charge is 0.497 e. The van der Waals surface area contributed by atoms with Gasteiger partial charge in [-0.2, -0.15) is 0 Å². The number of amides is 1. The Hall–Kier alpha value is -3.97. The first-order valence-electron chi connectivity index (χ1n) is 11.2. The number of aromatic nitrogens is 1. The predicted molar refractivity (Wildman–Crippen MR) is 137 cm³/mol. The van der Waals surface area contributed by atoms with Gasteiger partial charge in [-0.25, -0.2) is 4.98 Å². The minimum atomic E-state index is -0.993. The molecule has 1 atom stereocenters. The third kappa shape index (κ3) is 6.33. The molecule has 0 radical (unpaired) electrons. The summed E-state index contributed by atoms with van der Waals surface area (Å²) in [6.07, 6.45) is 0.149. The summed E-state index contributed by atoms with van der Waals surface area (Å²) in [5.74, 6) is -1.13. The van der Waals surface area contributed by atoms with Gasteiger partial charge in [0.15, 0.2) is 0 Å². The molecule has 0 aliphatic heterocycles. The molecular weight excluding hydrogens is 460 g/mol. The molecule has 0 saturated carbocycles. The maximum atomic E-state index is 12.8. The van der Waals surface area contributed by atoms with E-state index in [0.29, 0.717) is 6.42 Å². The van der Waals surface area contributed by atoms with Gasteiger partial charge in [0.1, 0.15) is 10.8 Å². The van der Waals surface area contributed by atoms with Gasteiger partial charge in [0.25, 0.3) is 0 Å². The van der Waals surface area contributed by atoms with Crippen molar-refractivity contribution in [1.82, 2.24) is 10.3 Å². The first-order chi connectivity index (χ1) is 17.0. The second-order valence-corrected chi connectivity index (χ2v) is 9.05. The van der Waals surface area contributed by atoms with Gasteiger partial charge in [0, 0.05) is 10.9 Å². The van der Waals surface area contributed by atoms with Crippen molar-refractivity contribution < 1.29 is 19.4 Å². The molecule has 6 nitrogen and oxygen atoms in total. The molecule has 0 unspecified atom stereocenters. The molecular formula is C28H26N2O4S.